The van der Waals surface area contributed by atoms with Gasteiger partial charge in [-0.1, -0.05) is 0 Å². The van der Waals surface area contributed by atoms with Gasteiger partial charge in [-0.3, -0.25) is 5.43 Å². The first-order valence-corrected chi connectivity index (χ1v) is 7.96. The van der Waals surface area contributed by atoms with Crippen molar-refractivity contribution < 1.29 is 14.2 Å². The Kier molecular flexibility index (Phi) is 6.59. The van der Waals surface area contributed by atoms with Gasteiger partial charge in [0.1, 0.15) is 5.75 Å². The average molecular weight is 359 g/mol. The van der Waals surface area contributed by atoms with Crippen LogP contribution in [0.25, 0.3) is 0 Å². The first-order valence-electron chi connectivity index (χ1n) is 7.55. The molecule has 0 aliphatic rings. The van der Waals surface area contributed by atoms with Gasteiger partial charge in [-0.2, -0.15) is 5.10 Å². The predicted octanol–water partition coefficient (Wildman–Crippen LogP) is 3.42. The highest BCUT2D eigenvalue weighted by Gasteiger charge is 2.06. The first-order chi connectivity index (χ1) is 12.1. The zero-order valence-corrected chi connectivity index (χ0v) is 15.4. The molecule has 0 aliphatic carbocycles. The third kappa shape index (κ3) is 5.09. The highest BCUT2D eigenvalue weighted by molar-refractivity contribution is 7.80. The van der Waals surface area contributed by atoms with Gasteiger partial charge in [0.2, 0.25) is 0 Å². The van der Waals surface area contributed by atoms with Gasteiger partial charge in [0.15, 0.2) is 16.6 Å². The standard InChI is InChI=1S/C18H21N3O3S/c1-12(13-5-10-16(23-3)17(11-13)24-4)20-21-18(25)19-14-6-8-15(22-2)9-7-14/h5-11H,1-4H3,(H2,19,21,25)/b20-12-. The first kappa shape index (κ1) is 18.5. The number of hydrazone groups is 1. The van der Waals surface area contributed by atoms with Crippen LogP contribution in [0.15, 0.2) is 47.6 Å². The van der Waals surface area contributed by atoms with E-state index in [4.69, 9.17) is 26.4 Å². The largest absolute Gasteiger partial charge is 0.497 e. The highest BCUT2D eigenvalue weighted by Crippen LogP contribution is 2.27. The highest BCUT2D eigenvalue weighted by atomic mass is 32.1. The number of benzene rings is 2. The molecule has 0 saturated heterocycles. The molecule has 0 amide bonds. The number of nitrogens with one attached hydrogen (secondary N) is 2. The van der Waals surface area contributed by atoms with Crippen molar-refractivity contribution in [3.63, 3.8) is 0 Å². The summed E-state index contributed by atoms with van der Waals surface area (Å²) in [4.78, 5) is 0. The topological polar surface area (TPSA) is 64.1 Å². The van der Waals surface area contributed by atoms with E-state index >= 15 is 0 Å². The van der Waals surface area contributed by atoms with E-state index in [1.54, 1.807) is 21.3 Å². The Morgan fingerprint density at radius 1 is 0.920 bits per heavy atom. The minimum atomic E-state index is 0.394. The maximum absolute atomic E-state index is 5.30. The lowest BCUT2D eigenvalue weighted by Gasteiger charge is -2.11. The molecule has 0 spiro atoms. The smallest absolute Gasteiger partial charge is 0.191 e. The summed E-state index contributed by atoms with van der Waals surface area (Å²) >= 11 is 5.25. The Morgan fingerprint density at radius 2 is 1.60 bits per heavy atom. The van der Waals surface area contributed by atoms with Crippen LogP contribution in [0.2, 0.25) is 0 Å². The van der Waals surface area contributed by atoms with Crippen molar-refractivity contribution in [2.45, 2.75) is 6.92 Å². The quantitative estimate of drug-likeness (QED) is 0.468. The molecule has 0 radical (unpaired) electrons. The van der Waals surface area contributed by atoms with Crippen LogP contribution in [0.4, 0.5) is 5.69 Å². The molecule has 2 N–H and O–H groups in total. The second kappa shape index (κ2) is 8.89. The fourth-order valence-corrected chi connectivity index (χ4v) is 2.26. The summed E-state index contributed by atoms with van der Waals surface area (Å²) in [6.07, 6.45) is 0. The Morgan fingerprint density at radius 3 is 2.20 bits per heavy atom. The Balaban J connectivity index is 2.00. The van der Waals surface area contributed by atoms with Crippen molar-refractivity contribution in [3.8, 4) is 17.2 Å². The van der Waals surface area contributed by atoms with Crippen LogP contribution in [-0.4, -0.2) is 32.2 Å². The van der Waals surface area contributed by atoms with E-state index in [1.165, 1.54) is 0 Å². The third-order valence-corrected chi connectivity index (χ3v) is 3.67. The number of methoxy groups -OCH3 is 3. The van der Waals surface area contributed by atoms with Gasteiger partial charge in [0.25, 0.3) is 0 Å². The summed E-state index contributed by atoms with van der Waals surface area (Å²) in [6.45, 7) is 1.88. The third-order valence-electron chi connectivity index (χ3n) is 3.47. The van der Waals surface area contributed by atoms with Crippen molar-refractivity contribution in [2.75, 3.05) is 26.6 Å². The Hall–Kier alpha value is -2.80. The molecule has 2 aromatic carbocycles. The van der Waals surface area contributed by atoms with Gasteiger partial charge in [-0.05, 0) is 61.6 Å². The summed E-state index contributed by atoms with van der Waals surface area (Å²) in [5, 5.41) is 7.74. The van der Waals surface area contributed by atoms with E-state index in [0.29, 0.717) is 16.6 Å². The molecular weight excluding hydrogens is 338 g/mol. The molecule has 0 bridgehead atoms. The molecule has 0 aromatic heterocycles. The van der Waals surface area contributed by atoms with Gasteiger partial charge < -0.3 is 19.5 Å². The summed E-state index contributed by atoms with van der Waals surface area (Å²) in [5.74, 6) is 2.10. The van der Waals surface area contributed by atoms with E-state index in [2.05, 4.69) is 15.8 Å². The molecule has 6 nitrogen and oxygen atoms in total. The predicted molar refractivity (Wildman–Crippen MR) is 104 cm³/mol. The van der Waals surface area contributed by atoms with Crippen LogP contribution in [0.1, 0.15) is 12.5 Å². The van der Waals surface area contributed by atoms with Gasteiger partial charge in [0, 0.05) is 11.3 Å². The van der Waals surface area contributed by atoms with E-state index in [9.17, 15) is 0 Å². The van der Waals surface area contributed by atoms with E-state index in [-0.39, 0.29) is 0 Å². The van der Waals surface area contributed by atoms with Crippen LogP contribution in [0.3, 0.4) is 0 Å². The molecule has 0 heterocycles. The lowest BCUT2D eigenvalue weighted by atomic mass is 10.1. The molecule has 0 saturated carbocycles. The number of thiocarbonyl (C=S) groups is 1. The average Bonchev–Trinajstić information content (AvgIpc) is 2.66. The molecule has 25 heavy (non-hydrogen) atoms. The van der Waals surface area contributed by atoms with Crippen LogP contribution >= 0.6 is 12.2 Å². The maximum atomic E-state index is 5.30. The molecule has 0 unspecified atom stereocenters. The summed E-state index contributed by atoms with van der Waals surface area (Å²) in [6, 6.07) is 13.0. The molecule has 132 valence electrons. The van der Waals surface area contributed by atoms with E-state index < -0.39 is 0 Å². The van der Waals surface area contributed by atoms with Crippen LogP contribution in [0.5, 0.6) is 17.2 Å². The zero-order valence-electron chi connectivity index (χ0n) is 14.6. The van der Waals surface area contributed by atoms with Gasteiger partial charge in [-0.15, -0.1) is 0 Å². The minimum Gasteiger partial charge on any atom is -0.497 e. The van der Waals surface area contributed by atoms with Crippen molar-refractivity contribution in [2.24, 2.45) is 5.10 Å². The maximum Gasteiger partial charge on any atom is 0.191 e. The van der Waals surface area contributed by atoms with Crippen LogP contribution in [-0.2, 0) is 0 Å². The second-order valence-corrected chi connectivity index (χ2v) is 5.47. The van der Waals surface area contributed by atoms with Gasteiger partial charge in [-0.25, -0.2) is 0 Å². The van der Waals surface area contributed by atoms with Crippen LogP contribution in [0, 0.1) is 0 Å². The zero-order chi connectivity index (χ0) is 18.2. The molecule has 2 aromatic rings. The number of hydrogen-bond acceptors (Lipinski definition) is 5. The molecule has 0 atom stereocenters. The van der Waals surface area contributed by atoms with Gasteiger partial charge in [0.05, 0.1) is 27.0 Å². The summed E-state index contributed by atoms with van der Waals surface area (Å²) in [7, 11) is 4.82. The fourth-order valence-electron chi connectivity index (χ4n) is 2.09. The molecule has 7 heteroatoms. The lowest BCUT2D eigenvalue weighted by molar-refractivity contribution is 0.355. The molecule has 0 fully saturated rings. The van der Waals surface area contributed by atoms with Crippen molar-refractivity contribution in [1.82, 2.24) is 5.43 Å². The summed E-state index contributed by atoms with van der Waals surface area (Å²) in [5.41, 5.74) is 5.34. The molecule has 2 rings (SSSR count). The van der Waals surface area contributed by atoms with Crippen LogP contribution < -0.4 is 25.0 Å². The van der Waals surface area contributed by atoms with Gasteiger partial charge >= 0.3 is 0 Å². The fraction of sp³-hybridized carbons (Fsp3) is 0.222. The number of hydrogen-bond donors (Lipinski definition) is 2. The number of nitrogens with zero attached hydrogens (tertiary/aromatic N) is 1. The number of ether oxygens (including phenoxy) is 3. The number of anilines is 1. The van der Waals surface area contributed by atoms with E-state index in [1.807, 2.05) is 49.4 Å². The SMILES string of the molecule is COc1ccc(NC(=S)N/N=C(/C)c2ccc(OC)c(OC)c2)cc1. The normalized spacial score (nSPS) is 10.8. The summed E-state index contributed by atoms with van der Waals surface area (Å²) < 4.78 is 15.7. The van der Waals surface area contributed by atoms with Crippen molar-refractivity contribution >= 4 is 28.7 Å². The van der Waals surface area contributed by atoms with Crippen molar-refractivity contribution in [1.29, 1.82) is 0 Å². The Bertz CT molecular complexity index is 761. The second-order valence-electron chi connectivity index (χ2n) is 5.06. The monoisotopic (exact) mass is 359 g/mol. The molecule has 0 aliphatic heterocycles. The Labute approximate surface area is 152 Å². The minimum absolute atomic E-state index is 0.394. The number of rotatable bonds is 6. The van der Waals surface area contributed by atoms with E-state index in [0.717, 1.165) is 22.7 Å². The van der Waals surface area contributed by atoms with Crippen molar-refractivity contribution in [3.05, 3.63) is 48.0 Å². The molecular formula is C18H21N3O3S. The lowest BCUT2D eigenvalue weighted by Crippen LogP contribution is -2.24.